The van der Waals surface area contributed by atoms with E-state index in [4.69, 9.17) is 15.0 Å². The van der Waals surface area contributed by atoms with Crippen molar-refractivity contribution < 1.29 is 0 Å². The summed E-state index contributed by atoms with van der Waals surface area (Å²) in [6.07, 6.45) is 0. The van der Waals surface area contributed by atoms with Crippen LogP contribution >= 0.6 is 0 Å². The van der Waals surface area contributed by atoms with Crippen LogP contribution in [0.15, 0.2) is 194 Å². The van der Waals surface area contributed by atoms with Crippen molar-refractivity contribution in [1.82, 2.24) is 19.5 Å². The van der Waals surface area contributed by atoms with Gasteiger partial charge in [-0.2, -0.15) is 0 Å². The van der Waals surface area contributed by atoms with Gasteiger partial charge >= 0.3 is 0 Å². The van der Waals surface area contributed by atoms with Gasteiger partial charge in [-0.1, -0.05) is 164 Å². The van der Waals surface area contributed by atoms with Crippen LogP contribution in [0.3, 0.4) is 0 Å². The van der Waals surface area contributed by atoms with Crippen LogP contribution in [-0.4, -0.2) is 19.5 Å². The minimum Gasteiger partial charge on any atom is -0.309 e. The number of hydrogen-bond acceptors (Lipinski definition) is 3. The maximum Gasteiger partial charge on any atom is 0.164 e. The van der Waals surface area contributed by atoms with Crippen LogP contribution in [0.25, 0.3) is 94.7 Å². The number of nitrogens with zero attached hydrogens (tertiary/aromatic N) is 4. The number of benzene rings is 8. The van der Waals surface area contributed by atoms with E-state index >= 15 is 0 Å². The normalized spacial score (nSPS) is 11.4. The van der Waals surface area contributed by atoms with Gasteiger partial charge in [-0.15, -0.1) is 0 Å². The molecule has 0 spiro atoms. The van der Waals surface area contributed by atoms with Crippen LogP contribution in [0.5, 0.6) is 0 Å². The zero-order valence-electron chi connectivity index (χ0n) is 28.8. The Kier molecular flexibility index (Phi) is 7.43. The average molecular weight is 677 g/mol. The first-order chi connectivity index (χ1) is 26.3. The van der Waals surface area contributed by atoms with Crippen molar-refractivity contribution in [1.29, 1.82) is 0 Å². The average Bonchev–Trinajstić information content (AvgIpc) is 3.58. The van der Waals surface area contributed by atoms with E-state index in [1.165, 1.54) is 16.2 Å². The fourth-order valence-electron chi connectivity index (χ4n) is 7.55. The molecule has 8 aromatic carbocycles. The van der Waals surface area contributed by atoms with E-state index in [-0.39, 0.29) is 0 Å². The third kappa shape index (κ3) is 5.45. The third-order valence-corrected chi connectivity index (χ3v) is 10.0. The van der Waals surface area contributed by atoms with Gasteiger partial charge in [0.2, 0.25) is 0 Å². The summed E-state index contributed by atoms with van der Waals surface area (Å²) < 4.78 is 2.38. The van der Waals surface area contributed by atoms with Crippen molar-refractivity contribution in [3.63, 3.8) is 0 Å². The minimum atomic E-state index is 0.616. The quantitative estimate of drug-likeness (QED) is 0.176. The van der Waals surface area contributed by atoms with Gasteiger partial charge in [-0.25, -0.2) is 15.0 Å². The van der Waals surface area contributed by atoms with Gasteiger partial charge < -0.3 is 4.57 Å². The summed E-state index contributed by atoms with van der Waals surface area (Å²) in [6.45, 7) is 0. The lowest BCUT2D eigenvalue weighted by atomic mass is 9.95. The summed E-state index contributed by atoms with van der Waals surface area (Å²) in [5.41, 5.74) is 10.7. The predicted octanol–water partition coefficient (Wildman–Crippen LogP) is 12.5. The van der Waals surface area contributed by atoms with Crippen molar-refractivity contribution in [2.45, 2.75) is 0 Å². The Balaban J connectivity index is 1.23. The van der Waals surface area contributed by atoms with E-state index < -0.39 is 0 Å². The summed E-state index contributed by atoms with van der Waals surface area (Å²) >= 11 is 0. The zero-order chi connectivity index (χ0) is 35.1. The number of aromatic nitrogens is 4. The third-order valence-electron chi connectivity index (χ3n) is 10.0. The molecule has 0 N–H and O–H groups in total. The van der Waals surface area contributed by atoms with Gasteiger partial charge in [-0.05, 0) is 57.8 Å². The first-order valence-corrected chi connectivity index (χ1v) is 17.9. The Morgan fingerprint density at radius 1 is 0.302 bits per heavy atom. The van der Waals surface area contributed by atoms with E-state index in [0.717, 1.165) is 61.1 Å². The summed E-state index contributed by atoms with van der Waals surface area (Å²) in [6, 6.07) is 68.1. The molecule has 2 heterocycles. The highest BCUT2D eigenvalue weighted by Crippen LogP contribution is 2.39. The largest absolute Gasteiger partial charge is 0.309 e. The van der Waals surface area contributed by atoms with Crippen LogP contribution in [0.4, 0.5) is 0 Å². The molecule has 0 fully saturated rings. The van der Waals surface area contributed by atoms with E-state index in [1.54, 1.807) is 0 Å². The molecule has 0 bridgehead atoms. The Hall–Kier alpha value is -7.17. The van der Waals surface area contributed by atoms with Crippen LogP contribution in [0.1, 0.15) is 0 Å². The van der Waals surface area contributed by atoms with Gasteiger partial charge in [-0.3, -0.25) is 0 Å². The highest BCUT2D eigenvalue weighted by Gasteiger charge is 2.19. The second kappa shape index (κ2) is 12.9. The van der Waals surface area contributed by atoms with Crippen molar-refractivity contribution in [2.75, 3.05) is 0 Å². The topological polar surface area (TPSA) is 43.6 Å². The van der Waals surface area contributed by atoms with E-state index in [9.17, 15) is 0 Å². The number of para-hydroxylation sites is 2. The summed E-state index contributed by atoms with van der Waals surface area (Å²) in [5, 5.41) is 4.75. The molecule has 0 saturated heterocycles. The lowest BCUT2D eigenvalue weighted by Gasteiger charge is -2.16. The molecular formula is C49H32N4. The second-order valence-electron chi connectivity index (χ2n) is 13.3. The zero-order valence-corrected chi connectivity index (χ0v) is 28.8. The molecule has 0 unspecified atom stereocenters. The fraction of sp³-hybridized carbons (Fsp3) is 0. The van der Waals surface area contributed by atoms with E-state index in [2.05, 4.69) is 180 Å². The Morgan fingerprint density at radius 3 is 1.40 bits per heavy atom. The molecule has 0 amide bonds. The molecule has 0 aliphatic carbocycles. The second-order valence-corrected chi connectivity index (χ2v) is 13.3. The Labute approximate surface area is 307 Å². The fourth-order valence-corrected chi connectivity index (χ4v) is 7.55. The first kappa shape index (κ1) is 30.6. The predicted molar refractivity (Wildman–Crippen MR) is 219 cm³/mol. The molecule has 2 aromatic heterocycles. The maximum absolute atomic E-state index is 5.26. The smallest absolute Gasteiger partial charge is 0.164 e. The minimum absolute atomic E-state index is 0.616. The highest BCUT2D eigenvalue weighted by atomic mass is 15.0. The summed E-state index contributed by atoms with van der Waals surface area (Å²) in [7, 11) is 0. The number of hydrogen-bond donors (Lipinski definition) is 0. The number of rotatable bonds is 6. The summed E-state index contributed by atoms with van der Waals surface area (Å²) in [5.74, 6) is 1.87. The molecule has 248 valence electrons. The molecule has 0 atom stereocenters. The monoisotopic (exact) mass is 676 g/mol. The van der Waals surface area contributed by atoms with Crippen molar-refractivity contribution >= 4 is 32.6 Å². The molecule has 10 rings (SSSR count). The molecule has 4 heteroatoms. The molecular weight excluding hydrogens is 645 g/mol. The van der Waals surface area contributed by atoms with Crippen molar-refractivity contribution in [3.05, 3.63) is 194 Å². The van der Waals surface area contributed by atoms with Crippen LogP contribution in [0, 0.1) is 0 Å². The first-order valence-electron chi connectivity index (χ1n) is 17.9. The van der Waals surface area contributed by atoms with Gasteiger partial charge in [0.05, 0.1) is 16.7 Å². The van der Waals surface area contributed by atoms with Gasteiger partial charge in [0.1, 0.15) is 0 Å². The Bertz CT molecular complexity index is 2880. The lowest BCUT2D eigenvalue weighted by Crippen LogP contribution is -2.02. The van der Waals surface area contributed by atoms with Gasteiger partial charge in [0, 0.05) is 33.0 Å². The highest BCUT2D eigenvalue weighted by molar-refractivity contribution is 6.10. The van der Waals surface area contributed by atoms with E-state index in [0.29, 0.717) is 17.5 Å². The molecule has 0 aliphatic heterocycles. The molecule has 10 aromatic rings. The van der Waals surface area contributed by atoms with E-state index in [1.807, 2.05) is 18.2 Å². The molecule has 0 radical (unpaired) electrons. The Morgan fingerprint density at radius 2 is 0.774 bits per heavy atom. The van der Waals surface area contributed by atoms with Crippen LogP contribution in [-0.2, 0) is 0 Å². The van der Waals surface area contributed by atoms with Crippen LogP contribution < -0.4 is 0 Å². The molecule has 53 heavy (non-hydrogen) atoms. The maximum atomic E-state index is 5.26. The molecule has 0 saturated carbocycles. The van der Waals surface area contributed by atoms with Gasteiger partial charge in [0.25, 0.3) is 0 Å². The van der Waals surface area contributed by atoms with Gasteiger partial charge in [0.15, 0.2) is 17.5 Å². The molecule has 0 aliphatic rings. The van der Waals surface area contributed by atoms with Crippen molar-refractivity contribution in [2.24, 2.45) is 0 Å². The number of fused-ring (bicyclic) bond motifs is 4. The van der Waals surface area contributed by atoms with Crippen LogP contribution in [0.2, 0.25) is 0 Å². The van der Waals surface area contributed by atoms with Crippen molar-refractivity contribution in [3.8, 4) is 62.1 Å². The standard InChI is InChI=1S/C49H32N4/c1-4-16-33(17-5-1)40-29-28-37(32-46(40)53-44-26-14-12-24-41(44)42-25-13-15-27-45(42)53)48-50-47(35-20-8-3-9-21-35)51-49(52-48)38-30-36-22-10-11-23-39(36)43(31-38)34-18-6-2-7-19-34/h1-32H. The molecule has 4 nitrogen and oxygen atoms in total. The lowest BCUT2D eigenvalue weighted by molar-refractivity contribution is 1.07. The SMILES string of the molecule is c1ccc(-c2nc(-c3ccc(-c4ccccc4)c(-n4c5ccccc5c5ccccc54)c3)nc(-c3cc(-c4ccccc4)c4ccccc4c3)n2)cc1. The summed E-state index contributed by atoms with van der Waals surface area (Å²) in [4.78, 5) is 15.6.